The van der Waals surface area contributed by atoms with Gasteiger partial charge in [-0.25, -0.2) is 4.79 Å². The van der Waals surface area contributed by atoms with Crippen molar-refractivity contribution in [2.45, 2.75) is 31.1 Å². The van der Waals surface area contributed by atoms with Crippen LogP contribution in [0.4, 0.5) is 0 Å². The first-order valence-corrected chi connectivity index (χ1v) is 10.5. The Morgan fingerprint density at radius 1 is 1.03 bits per heavy atom. The first kappa shape index (κ1) is 22.8. The molecule has 0 radical (unpaired) electrons. The molecule has 2 rings (SSSR count). The maximum atomic E-state index is 12.8. The molecule has 2 aromatic carbocycles. The SMILES string of the molecule is CC(=O)SC(CC(=O)N[C@@H](Cc1ccccc1)C(=O)O)C(=O)c1ccc(Br)cc1. The van der Waals surface area contributed by atoms with E-state index in [1.807, 2.05) is 6.07 Å². The highest BCUT2D eigenvalue weighted by molar-refractivity contribution is 9.10. The highest BCUT2D eigenvalue weighted by atomic mass is 79.9. The van der Waals surface area contributed by atoms with Gasteiger partial charge in [0.05, 0.1) is 5.25 Å². The molecule has 2 aromatic rings. The van der Waals surface area contributed by atoms with Gasteiger partial charge in [-0.05, 0) is 17.7 Å². The number of carboxylic acid groups (broad SMARTS) is 1. The smallest absolute Gasteiger partial charge is 0.326 e. The fourth-order valence-corrected chi connectivity index (χ4v) is 3.80. The Labute approximate surface area is 181 Å². The van der Waals surface area contributed by atoms with E-state index in [1.165, 1.54) is 6.92 Å². The molecular formula is C21H20BrNO5S. The van der Waals surface area contributed by atoms with Gasteiger partial charge in [-0.1, -0.05) is 70.2 Å². The van der Waals surface area contributed by atoms with Crippen LogP contribution >= 0.6 is 27.7 Å². The summed E-state index contributed by atoms with van der Waals surface area (Å²) in [7, 11) is 0. The van der Waals surface area contributed by atoms with Gasteiger partial charge in [0.15, 0.2) is 10.9 Å². The van der Waals surface area contributed by atoms with E-state index in [1.54, 1.807) is 48.5 Å². The molecule has 0 aromatic heterocycles. The summed E-state index contributed by atoms with van der Waals surface area (Å²) in [5.41, 5.74) is 1.14. The lowest BCUT2D eigenvalue weighted by molar-refractivity contribution is -0.141. The fourth-order valence-electron chi connectivity index (χ4n) is 2.66. The molecule has 152 valence electrons. The molecule has 0 aliphatic rings. The lowest BCUT2D eigenvalue weighted by Crippen LogP contribution is -2.43. The summed E-state index contributed by atoms with van der Waals surface area (Å²) in [5, 5.41) is 10.7. The van der Waals surface area contributed by atoms with Crippen LogP contribution in [0.5, 0.6) is 0 Å². The molecule has 0 saturated carbocycles. The molecule has 8 heteroatoms. The summed E-state index contributed by atoms with van der Waals surface area (Å²) in [6.07, 6.45) is -0.176. The second-order valence-corrected chi connectivity index (χ2v) is 8.62. The molecule has 0 bridgehead atoms. The second-order valence-electron chi connectivity index (χ2n) is 6.32. The average molecular weight is 478 g/mol. The zero-order valence-corrected chi connectivity index (χ0v) is 18.0. The van der Waals surface area contributed by atoms with Crippen molar-refractivity contribution >= 4 is 50.5 Å². The van der Waals surface area contributed by atoms with Crippen molar-refractivity contribution in [2.24, 2.45) is 0 Å². The van der Waals surface area contributed by atoms with Gasteiger partial charge >= 0.3 is 5.97 Å². The van der Waals surface area contributed by atoms with Crippen molar-refractivity contribution in [3.05, 3.63) is 70.2 Å². The lowest BCUT2D eigenvalue weighted by Gasteiger charge is -2.18. The zero-order chi connectivity index (χ0) is 21.4. The Balaban J connectivity index is 2.09. The summed E-state index contributed by atoms with van der Waals surface area (Å²) in [6.45, 7) is 1.32. The normalized spacial score (nSPS) is 12.6. The Morgan fingerprint density at radius 2 is 1.66 bits per heavy atom. The molecular weight excluding hydrogens is 458 g/mol. The summed E-state index contributed by atoms with van der Waals surface area (Å²) in [5.74, 6) is -2.13. The molecule has 29 heavy (non-hydrogen) atoms. The summed E-state index contributed by atoms with van der Waals surface area (Å²) >= 11 is 4.06. The van der Waals surface area contributed by atoms with Crippen molar-refractivity contribution < 1.29 is 24.3 Å². The predicted molar refractivity (Wildman–Crippen MR) is 115 cm³/mol. The molecule has 0 saturated heterocycles. The Bertz CT molecular complexity index is 886. The van der Waals surface area contributed by atoms with E-state index in [0.717, 1.165) is 21.8 Å². The van der Waals surface area contributed by atoms with Crippen LogP contribution in [0.25, 0.3) is 0 Å². The van der Waals surface area contributed by atoms with E-state index in [9.17, 15) is 24.3 Å². The van der Waals surface area contributed by atoms with Gasteiger partial charge in [-0.3, -0.25) is 14.4 Å². The van der Waals surface area contributed by atoms with Gasteiger partial charge in [0.25, 0.3) is 0 Å². The van der Waals surface area contributed by atoms with Crippen LogP contribution in [0, 0.1) is 0 Å². The fraction of sp³-hybridized carbons (Fsp3) is 0.238. The highest BCUT2D eigenvalue weighted by Gasteiger charge is 2.28. The number of carbonyl (C=O) groups excluding carboxylic acids is 3. The topological polar surface area (TPSA) is 101 Å². The molecule has 1 amide bonds. The number of Topliss-reactive ketones (excluding diaryl/α,β-unsaturated/α-hetero) is 1. The third kappa shape index (κ3) is 7.47. The molecule has 0 heterocycles. The number of benzene rings is 2. The third-order valence-corrected chi connectivity index (χ3v) is 5.54. The van der Waals surface area contributed by atoms with Crippen LogP contribution in [0.15, 0.2) is 59.1 Å². The predicted octanol–water partition coefficient (Wildman–Crippen LogP) is 3.48. The first-order chi connectivity index (χ1) is 13.8. The standard InChI is InChI=1S/C21H20BrNO5S/c1-13(24)29-18(20(26)15-7-9-16(22)10-8-15)12-19(25)23-17(21(27)28)11-14-5-3-2-4-6-14/h2-10,17-18H,11-12H2,1H3,(H,23,25)(H,27,28)/t17-,18?/m0/s1. The van der Waals surface area contributed by atoms with E-state index in [-0.39, 0.29) is 23.7 Å². The molecule has 0 aliphatic heterocycles. The van der Waals surface area contributed by atoms with Gasteiger partial charge in [0.1, 0.15) is 6.04 Å². The molecule has 2 N–H and O–H groups in total. The number of rotatable bonds is 9. The first-order valence-electron chi connectivity index (χ1n) is 8.79. The van der Waals surface area contributed by atoms with Crippen LogP contribution in [0.2, 0.25) is 0 Å². The molecule has 0 fully saturated rings. The second kappa shape index (κ2) is 10.9. The number of amides is 1. The number of hydrogen-bond acceptors (Lipinski definition) is 5. The zero-order valence-electron chi connectivity index (χ0n) is 15.6. The number of hydrogen-bond donors (Lipinski definition) is 2. The van der Waals surface area contributed by atoms with Crippen LogP contribution in [0.3, 0.4) is 0 Å². The Hall–Kier alpha value is -2.45. The quantitative estimate of drug-likeness (QED) is 0.536. The summed E-state index contributed by atoms with van der Waals surface area (Å²) in [4.78, 5) is 48.3. The summed E-state index contributed by atoms with van der Waals surface area (Å²) in [6, 6.07) is 14.4. The minimum Gasteiger partial charge on any atom is -0.480 e. The average Bonchev–Trinajstić information content (AvgIpc) is 2.67. The molecule has 2 atom stereocenters. The molecule has 1 unspecified atom stereocenters. The van der Waals surface area contributed by atoms with E-state index in [2.05, 4.69) is 21.2 Å². The van der Waals surface area contributed by atoms with Crippen molar-refractivity contribution in [1.82, 2.24) is 5.32 Å². The van der Waals surface area contributed by atoms with E-state index >= 15 is 0 Å². The van der Waals surface area contributed by atoms with E-state index in [0.29, 0.717) is 5.56 Å². The molecule has 6 nitrogen and oxygen atoms in total. The number of thioether (sulfide) groups is 1. The van der Waals surface area contributed by atoms with Crippen LogP contribution < -0.4 is 5.32 Å². The molecule has 0 spiro atoms. The van der Waals surface area contributed by atoms with Crippen molar-refractivity contribution in [3.63, 3.8) is 0 Å². The largest absolute Gasteiger partial charge is 0.480 e. The van der Waals surface area contributed by atoms with Gasteiger partial charge < -0.3 is 10.4 Å². The van der Waals surface area contributed by atoms with E-state index in [4.69, 9.17) is 0 Å². The lowest BCUT2D eigenvalue weighted by atomic mass is 10.0. The number of halogens is 1. The molecule has 0 aliphatic carbocycles. The van der Waals surface area contributed by atoms with Crippen LogP contribution in [-0.2, 0) is 20.8 Å². The van der Waals surface area contributed by atoms with Crippen molar-refractivity contribution in [1.29, 1.82) is 0 Å². The Morgan fingerprint density at radius 3 is 2.21 bits per heavy atom. The van der Waals surface area contributed by atoms with Crippen LogP contribution in [0.1, 0.15) is 29.3 Å². The van der Waals surface area contributed by atoms with Crippen molar-refractivity contribution in [3.8, 4) is 0 Å². The number of ketones is 1. The Kier molecular flexibility index (Phi) is 8.60. The number of aliphatic carboxylic acids is 1. The third-order valence-electron chi connectivity index (χ3n) is 4.02. The maximum Gasteiger partial charge on any atom is 0.326 e. The maximum absolute atomic E-state index is 12.8. The van der Waals surface area contributed by atoms with Crippen molar-refractivity contribution in [2.75, 3.05) is 0 Å². The van der Waals surface area contributed by atoms with Gasteiger partial charge in [-0.2, -0.15) is 0 Å². The highest BCUT2D eigenvalue weighted by Crippen LogP contribution is 2.22. The van der Waals surface area contributed by atoms with Gasteiger partial charge in [-0.15, -0.1) is 0 Å². The minimum atomic E-state index is -1.17. The van der Waals surface area contributed by atoms with Gasteiger partial charge in [0, 0.05) is 29.8 Å². The van der Waals surface area contributed by atoms with Gasteiger partial charge in [0.2, 0.25) is 5.91 Å². The number of carboxylic acids is 1. The van der Waals surface area contributed by atoms with E-state index < -0.39 is 23.2 Å². The monoisotopic (exact) mass is 477 g/mol. The van der Waals surface area contributed by atoms with Crippen LogP contribution in [-0.4, -0.2) is 39.2 Å². The summed E-state index contributed by atoms with van der Waals surface area (Å²) < 4.78 is 0.799. The number of carbonyl (C=O) groups is 4. The minimum absolute atomic E-state index is 0.118. The number of nitrogens with one attached hydrogen (secondary N) is 1.